The van der Waals surface area contributed by atoms with Crippen molar-refractivity contribution in [3.05, 3.63) is 94.1 Å². The van der Waals surface area contributed by atoms with Crippen LogP contribution in [0, 0.1) is 20.8 Å². The number of carboxylic acids is 1. The van der Waals surface area contributed by atoms with Gasteiger partial charge in [-0.2, -0.15) is 0 Å². The second kappa shape index (κ2) is 30.1. The number of rotatable bonds is 4. The Hall–Kier alpha value is -0.209. The maximum Gasteiger partial charge on any atom is 1.00 e. The van der Waals surface area contributed by atoms with Gasteiger partial charge in [0.25, 0.3) is 6.47 Å². The van der Waals surface area contributed by atoms with Crippen LogP contribution in [-0.4, -0.2) is 92.1 Å². The Morgan fingerprint density at radius 1 is 0.657 bits per heavy atom. The number of carbonyl (C=O) groups excluding carboxylic acids is 2. The van der Waals surface area contributed by atoms with E-state index < -0.39 is 20.0 Å². The van der Waals surface area contributed by atoms with E-state index in [1.807, 2.05) is 119 Å². The van der Waals surface area contributed by atoms with E-state index in [9.17, 15) is 0 Å². The van der Waals surface area contributed by atoms with Crippen LogP contribution in [0.1, 0.15) is 109 Å². The number of halogens is 2. The van der Waals surface area contributed by atoms with Gasteiger partial charge in [0, 0.05) is 63.3 Å². The molecule has 3 fully saturated rings. The number of aromatic nitrogens is 5. The summed E-state index contributed by atoms with van der Waals surface area (Å²) in [5.41, 5.74) is 3.72. The Bertz CT molecular complexity index is 2000. The average Bonchev–Trinajstić information content (AvgIpc) is 3.66. The number of hydrogen-bond acceptors (Lipinski definition) is 16. The molecule has 3 aliphatic heterocycles. The van der Waals surface area contributed by atoms with Crippen molar-refractivity contribution in [1.82, 2.24) is 24.9 Å². The van der Waals surface area contributed by atoms with E-state index in [-0.39, 0.29) is 164 Å². The molecule has 7 heterocycles. The minimum atomic E-state index is -1.08. The first kappa shape index (κ1) is 68.9. The van der Waals surface area contributed by atoms with Gasteiger partial charge in [-0.15, -0.1) is 0 Å². The summed E-state index contributed by atoms with van der Waals surface area (Å²) >= 11 is 8.97. The van der Waals surface area contributed by atoms with Crippen molar-refractivity contribution in [2.75, 3.05) is 0 Å². The molecule has 0 radical (unpaired) electrons. The summed E-state index contributed by atoms with van der Waals surface area (Å²) in [4.78, 5) is 40.5. The molecule has 7 rings (SSSR count). The molecule has 0 unspecified atom stereocenters. The molecular formula is C43H61B3BrClKN5Na2O11. The van der Waals surface area contributed by atoms with Gasteiger partial charge in [-0.25, -0.2) is 9.97 Å². The fourth-order valence-electron chi connectivity index (χ4n) is 5.16. The Labute approximate surface area is 499 Å². The topological polar surface area (TPSA) is 209 Å². The van der Waals surface area contributed by atoms with Crippen molar-refractivity contribution in [2.45, 2.75) is 144 Å². The largest absolute Gasteiger partial charge is 1.00 e. The third-order valence-corrected chi connectivity index (χ3v) is 11.6. The fraction of sp³-hybridized carbons (Fsp3) is 0.512. The van der Waals surface area contributed by atoms with Crippen LogP contribution in [0.2, 0.25) is 5.28 Å². The van der Waals surface area contributed by atoms with Crippen LogP contribution < -0.4 is 126 Å². The number of nitrogens with zero attached hydrogens (tertiary/aromatic N) is 5. The van der Waals surface area contributed by atoms with Gasteiger partial charge in [0.05, 0.1) is 39.3 Å². The molecule has 3 saturated heterocycles. The number of carboxylic acid groups (broad SMARTS) is 1. The van der Waals surface area contributed by atoms with Crippen molar-refractivity contribution >= 4 is 66.6 Å². The van der Waals surface area contributed by atoms with Crippen LogP contribution in [0.5, 0.6) is 0 Å². The van der Waals surface area contributed by atoms with Crippen molar-refractivity contribution in [1.29, 1.82) is 0 Å². The van der Waals surface area contributed by atoms with E-state index in [0.29, 0.717) is 0 Å². The van der Waals surface area contributed by atoms with Crippen LogP contribution in [0.4, 0.5) is 0 Å². The van der Waals surface area contributed by atoms with Gasteiger partial charge in [0.15, 0.2) is 0 Å². The zero-order valence-electron chi connectivity index (χ0n) is 43.6. The summed E-state index contributed by atoms with van der Waals surface area (Å²) in [5.74, 6) is -1.08. The summed E-state index contributed by atoms with van der Waals surface area (Å²) in [7, 11) is -1.26. The van der Waals surface area contributed by atoms with Crippen LogP contribution in [-0.2, 0) is 42.4 Å². The number of aryl methyl sites for hydroxylation is 3. The van der Waals surface area contributed by atoms with E-state index in [2.05, 4.69) is 73.4 Å². The third-order valence-electron chi connectivity index (χ3n) is 11.0. The summed E-state index contributed by atoms with van der Waals surface area (Å²) in [5, 5.41) is 17.6. The summed E-state index contributed by atoms with van der Waals surface area (Å²) < 4.78 is 36.7. The molecule has 0 saturated carbocycles. The van der Waals surface area contributed by atoms with Gasteiger partial charge < -0.3 is 49.4 Å². The number of pyridine rings is 3. The standard InChI is InChI=1S/C12H24B2O4.C12H18BNO2.C10H8ClN3.C6H6BrN.C2H4O2.CH2O3.K.2Na.H/c1-9(2)10(3,4)16-13(15-9)14-17-11(5,6)12(7,8)18-14;1-9-6-7-10(8-14-9)13-15-11(2,3)12(4,5)16-13;1-7-2-3-8(6-13-7)9-4-5-12-10(11)14-9;1-5-2-3-6(7)4-8-5;1-2(3)4;2-1-4-3;;;;/h1-8H3;6-8H,1-5H3;2-6H,1H3;2-4H,1H3;1H3,(H,3,4);1,3H;;;;/q;;;;;;3*+1;-1/p-2. The molecule has 0 bridgehead atoms. The Morgan fingerprint density at radius 3 is 1.31 bits per heavy atom. The molecule has 24 heteroatoms. The van der Waals surface area contributed by atoms with E-state index in [1.165, 1.54) is 0 Å². The molecule has 0 atom stereocenters. The van der Waals surface area contributed by atoms with E-state index in [4.69, 9.17) is 59.5 Å². The van der Waals surface area contributed by atoms with E-state index in [1.54, 1.807) is 24.7 Å². The Balaban J connectivity index is -0.000000788. The number of hydrogen-bond donors (Lipinski definition) is 0. The molecule has 3 aliphatic rings. The quantitative estimate of drug-likeness (QED) is 0.0653. The van der Waals surface area contributed by atoms with Crippen LogP contribution >= 0.6 is 27.5 Å². The van der Waals surface area contributed by atoms with Crippen molar-refractivity contribution in [3.8, 4) is 11.3 Å². The van der Waals surface area contributed by atoms with Crippen molar-refractivity contribution in [2.24, 2.45) is 0 Å². The van der Waals surface area contributed by atoms with Gasteiger partial charge in [0.2, 0.25) is 5.28 Å². The average molecular weight is 1060 g/mol. The van der Waals surface area contributed by atoms with Gasteiger partial charge >= 0.3 is 132 Å². The van der Waals surface area contributed by atoms with Crippen molar-refractivity contribution < 1.29 is 165 Å². The zero-order valence-corrected chi connectivity index (χ0v) is 52.1. The Kier molecular flexibility index (Phi) is 30.9. The number of carbonyl (C=O) groups is 2. The number of aliphatic carboxylic acids is 1. The predicted octanol–water partition coefficient (Wildman–Crippen LogP) is -3.09. The monoisotopic (exact) mass is 1060 g/mol. The van der Waals surface area contributed by atoms with E-state index in [0.717, 1.165) is 45.2 Å². The normalized spacial score (nSPS) is 17.9. The summed E-state index contributed by atoms with van der Waals surface area (Å²) in [6.07, 6.45) is 7.01. The minimum absolute atomic E-state index is 0. The minimum Gasteiger partial charge on any atom is -1.00 e. The second-order valence-electron chi connectivity index (χ2n) is 17.8. The first-order chi connectivity index (χ1) is 29.4. The van der Waals surface area contributed by atoms with Gasteiger partial charge in [0.1, 0.15) is 0 Å². The maximum atomic E-state index is 8.89. The molecular weight excluding hydrogens is 995 g/mol. The van der Waals surface area contributed by atoms with Gasteiger partial charge in [-0.1, -0.05) is 6.07 Å². The molecule has 0 aromatic carbocycles. The van der Waals surface area contributed by atoms with Gasteiger partial charge in [-0.3, -0.25) is 19.7 Å². The summed E-state index contributed by atoms with van der Waals surface area (Å²) in [6, 6.07) is 13.6. The zero-order chi connectivity index (χ0) is 48.9. The molecule has 4 aromatic rings. The fourth-order valence-corrected chi connectivity index (χ4v) is 5.54. The smallest absolute Gasteiger partial charge is 1.00 e. The Morgan fingerprint density at radius 2 is 1.01 bits per heavy atom. The molecule has 16 nitrogen and oxygen atoms in total. The molecule has 0 N–H and O–H groups in total. The first-order valence-electron chi connectivity index (χ1n) is 20.3. The maximum absolute atomic E-state index is 8.89. The third kappa shape index (κ3) is 22.2. The van der Waals surface area contributed by atoms with Gasteiger partial charge in [-0.05, 0) is 175 Å². The van der Waals surface area contributed by atoms with E-state index >= 15 is 0 Å². The SMILES string of the molecule is CC(=O)[O-].CC1(C)OB(B2OC(C)(C)C(C)(C)O2)OC1(C)C.Cc1ccc(-c2ccnc(Cl)n2)cn1.Cc1ccc(B2OC(C)(C)C(C)(C)O2)cn1.Cc1ccc(Br)cn1.O=CO[O-].[H-].[K+].[Na+].[Na+]. The molecule has 0 amide bonds. The van der Waals surface area contributed by atoms with Crippen LogP contribution in [0.15, 0.2) is 71.7 Å². The van der Waals surface area contributed by atoms with Crippen LogP contribution in [0.3, 0.4) is 0 Å². The summed E-state index contributed by atoms with van der Waals surface area (Å²) in [6.45, 7) is 31.1. The molecule has 4 aromatic heterocycles. The predicted molar refractivity (Wildman–Crippen MR) is 247 cm³/mol. The molecule has 67 heavy (non-hydrogen) atoms. The first-order valence-corrected chi connectivity index (χ1v) is 21.5. The van der Waals surface area contributed by atoms with Crippen LogP contribution in [0.25, 0.3) is 11.3 Å². The molecule has 350 valence electrons. The molecule has 0 spiro atoms. The van der Waals surface area contributed by atoms with Crippen molar-refractivity contribution in [3.63, 3.8) is 0 Å². The second-order valence-corrected chi connectivity index (χ2v) is 19.0. The molecule has 0 aliphatic carbocycles.